The van der Waals surface area contributed by atoms with Crippen LogP contribution in [-0.2, 0) is 4.79 Å². The fraction of sp³-hybridized carbons (Fsp3) is 0.188. The van der Waals surface area contributed by atoms with E-state index in [2.05, 4.69) is 5.32 Å². The van der Waals surface area contributed by atoms with Crippen LogP contribution in [0.1, 0.15) is 12.5 Å². The summed E-state index contributed by atoms with van der Waals surface area (Å²) in [4.78, 5) is 12.1. The topological polar surface area (TPSA) is 38.3 Å². The Morgan fingerprint density at radius 1 is 1.10 bits per heavy atom. The van der Waals surface area contributed by atoms with Gasteiger partial charge in [-0.15, -0.1) is 0 Å². The average molecular weight is 324 g/mol. The fourth-order valence-corrected chi connectivity index (χ4v) is 2.21. The zero-order valence-electron chi connectivity index (χ0n) is 11.7. The third kappa shape index (κ3) is 4.13. The largest absolute Gasteiger partial charge is 0.481 e. The Morgan fingerprint density at radius 3 is 2.24 bits per heavy atom. The van der Waals surface area contributed by atoms with Gasteiger partial charge in [0, 0.05) is 0 Å². The second kappa shape index (κ2) is 6.83. The molecule has 0 bridgehead atoms. The summed E-state index contributed by atoms with van der Waals surface area (Å²) in [6.07, 6.45) is -0.667. The van der Waals surface area contributed by atoms with Crippen LogP contribution in [0.25, 0.3) is 0 Å². The van der Waals surface area contributed by atoms with Crippen LogP contribution in [0.3, 0.4) is 0 Å². The van der Waals surface area contributed by atoms with Crippen LogP contribution in [0.2, 0.25) is 10.0 Å². The molecule has 2 aromatic carbocycles. The van der Waals surface area contributed by atoms with E-state index in [4.69, 9.17) is 27.9 Å². The molecule has 0 aromatic heterocycles. The Morgan fingerprint density at radius 2 is 1.67 bits per heavy atom. The number of hydrogen-bond acceptors (Lipinski definition) is 2. The molecule has 2 rings (SSSR count). The Balaban J connectivity index is 2.04. The molecule has 2 aromatic rings. The van der Waals surface area contributed by atoms with Gasteiger partial charge in [-0.2, -0.15) is 0 Å². The van der Waals surface area contributed by atoms with E-state index in [0.29, 0.717) is 21.5 Å². The molecule has 0 aliphatic heterocycles. The van der Waals surface area contributed by atoms with Crippen LogP contribution in [0, 0.1) is 6.92 Å². The minimum absolute atomic E-state index is 0.314. The smallest absolute Gasteiger partial charge is 0.265 e. The lowest BCUT2D eigenvalue weighted by Crippen LogP contribution is -2.30. The molecule has 3 nitrogen and oxygen atoms in total. The number of carbonyl (C=O) groups excluding carboxylic acids is 1. The van der Waals surface area contributed by atoms with E-state index >= 15 is 0 Å². The van der Waals surface area contributed by atoms with Gasteiger partial charge in [0.15, 0.2) is 6.10 Å². The summed E-state index contributed by atoms with van der Waals surface area (Å²) in [6.45, 7) is 3.65. The molecule has 1 unspecified atom stereocenters. The fourth-order valence-electron chi connectivity index (χ4n) is 1.72. The van der Waals surface area contributed by atoms with Gasteiger partial charge in [-0.05, 0) is 38.1 Å². The summed E-state index contributed by atoms with van der Waals surface area (Å²) in [5.74, 6) is 0.319. The van der Waals surface area contributed by atoms with E-state index in [0.717, 1.165) is 5.56 Å². The van der Waals surface area contributed by atoms with Gasteiger partial charge in [-0.1, -0.05) is 47.0 Å². The third-order valence-corrected chi connectivity index (χ3v) is 3.54. The van der Waals surface area contributed by atoms with Crippen LogP contribution in [0.4, 0.5) is 5.69 Å². The summed E-state index contributed by atoms with van der Waals surface area (Å²) < 4.78 is 5.58. The lowest BCUT2D eigenvalue weighted by Gasteiger charge is -2.16. The van der Waals surface area contributed by atoms with Crippen molar-refractivity contribution in [2.45, 2.75) is 20.0 Å². The number of nitrogens with one attached hydrogen (secondary N) is 1. The van der Waals surface area contributed by atoms with Crippen molar-refractivity contribution in [3.8, 4) is 5.75 Å². The molecule has 1 atom stereocenters. The van der Waals surface area contributed by atoms with Crippen molar-refractivity contribution in [3.05, 3.63) is 58.1 Å². The second-order valence-electron chi connectivity index (χ2n) is 4.66. The summed E-state index contributed by atoms with van der Waals surface area (Å²) >= 11 is 12.0. The molecule has 1 amide bonds. The summed E-state index contributed by atoms with van der Waals surface area (Å²) in [6, 6.07) is 12.5. The predicted octanol–water partition coefficient (Wildman–Crippen LogP) is 4.71. The molecule has 1 N–H and O–H groups in total. The summed E-state index contributed by atoms with van der Waals surface area (Å²) in [5, 5.41) is 3.46. The molecule has 0 spiro atoms. The van der Waals surface area contributed by atoms with Crippen LogP contribution in [-0.4, -0.2) is 12.0 Å². The quantitative estimate of drug-likeness (QED) is 0.885. The first-order valence-electron chi connectivity index (χ1n) is 6.45. The number of carbonyl (C=O) groups is 1. The first-order chi connectivity index (χ1) is 9.97. The van der Waals surface area contributed by atoms with Gasteiger partial charge in [0.2, 0.25) is 0 Å². The minimum Gasteiger partial charge on any atom is -0.481 e. The minimum atomic E-state index is -0.667. The van der Waals surface area contributed by atoms with Crippen molar-refractivity contribution in [2.75, 3.05) is 5.32 Å². The number of rotatable bonds is 4. The van der Waals surface area contributed by atoms with E-state index in [1.807, 2.05) is 31.2 Å². The first kappa shape index (κ1) is 15.7. The number of hydrogen-bond donors (Lipinski definition) is 1. The Bertz CT molecular complexity index is 621. The van der Waals surface area contributed by atoms with E-state index in [1.54, 1.807) is 25.1 Å². The molecule has 0 aliphatic carbocycles. The maximum atomic E-state index is 12.1. The molecular weight excluding hydrogens is 309 g/mol. The Labute approximate surface area is 133 Å². The van der Waals surface area contributed by atoms with Crippen LogP contribution in [0.15, 0.2) is 42.5 Å². The molecule has 0 saturated carbocycles. The number of amides is 1. The van der Waals surface area contributed by atoms with Gasteiger partial charge < -0.3 is 10.1 Å². The number of para-hydroxylation sites is 1. The second-order valence-corrected chi connectivity index (χ2v) is 5.47. The van der Waals surface area contributed by atoms with Crippen molar-refractivity contribution < 1.29 is 9.53 Å². The van der Waals surface area contributed by atoms with Crippen LogP contribution in [0.5, 0.6) is 5.75 Å². The average Bonchev–Trinajstić information content (AvgIpc) is 2.45. The number of aryl methyl sites for hydroxylation is 1. The van der Waals surface area contributed by atoms with Crippen LogP contribution >= 0.6 is 23.2 Å². The van der Waals surface area contributed by atoms with E-state index < -0.39 is 6.10 Å². The Hall–Kier alpha value is -1.71. The predicted molar refractivity (Wildman–Crippen MR) is 86.4 cm³/mol. The molecule has 0 radical (unpaired) electrons. The Kier molecular flexibility index (Phi) is 5.10. The normalized spacial score (nSPS) is 11.8. The monoisotopic (exact) mass is 323 g/mol. The van der Waals surface area contributed by atoms with E-state index in [9.17, 15) is 4.79 Å². The molecule has 0 heterocycles. The molecule has 0 fully saturated rings. The lowest BCUT2D eigenvalue weighted by molar-refractivity contribution is -0.122. The highest BCUT2D eigenvalue weighted by molar-refractivity contribution is 6.39. The number of ether oxygens (including phenoxy) is 1. The van der Waals surface area contributed by atoms with Crippen molar-refractivity contribution in [1.82, 2.24) is 0 Å². The highest BCUT2D eigenvalue weighted by Crippen LogP contribution is 2.30. The molecule has 110 valence electrons. The van der Waals surface area contributed by atoms with Gasteiger partial charge in [-0.3, -0.25) is 4.79 Å². The van der Waals surface area contributed by atoms with E-state index in [1.165, 1.54) is 0 Å². The highest BCUT2D eigenvalue weighted by atomic mass is 35.5. The zero-order valence-corrected chi connectivity index (χ0v) is 13.2. The van der Waals surface area contributed by atoms with Gasteiger partial charge in [-0.25, -0.2) is 0 Å². The molecule has 5 heteroatoms. The van der Waals surface area contributed by atoms with Gasteiger partial charge in [0.1, 0.15) is 5.75 Å². The van der Waals surface area contributed by atoms with Gasteiger partial charge in [0.25, 0.3) is 5.91 Å². The van der Waals surface area contributed by atoms with Crippen LogP contribution < -0.4 is 10.1 Å². The molecule has 0 aliphatic rings. The number of benzene rings is 2. The van der Waals surface area contributed by atoms with Crippen molar-refractivity contribution >= 4 is 34.8 Å². The maximum Gasteiger partial charge on any atom is 0.265 e. The SMILES string of the molecule is Cc1ccc(OC(C)C(=O)Nc2c(Cl)cccc2Cl)cc1. The summed E-state index contributed by atoms with van der Waals surface area (Å²) in [7, 11) is 0. The summed E-state index contributed by atoms with van der Waals surface area (Å²) in [5.41, 5.74) is 1.52. The third-order valence-electron chi connectivity index (χ3n) is 2.91. The standard InChI is InChI=1S/C16H15Cl2NO2/c1-10-6-8-12(9-7-10)21-11(2)16(20)19-15-13(17)4-3-5-14(15)18/h3-9,11H,1-2H3,(H,19,20). The van der Waals surface area contributed by atoms with E-state index in [-0.39, 0.29) is 5.91 Å². The molecule has 0 saturated heterocycles. The lowest BCUT2D eigenvalue weighted by atomic mass is 10.2. The van der Waals surface area contributed by atoms with Crippen molar-refractivity contribution in [3.63, 3.8) is 0 Å². The molecule has 21 heavy (non-hydrogen) atoms. The highest BCUT2D eigenvalue weighted by Gasteiger charge is 2.17. The molecular formula is C16H15Cl2NO2. The van der Waals surface area contributed by atoms with Crippen molar-refractivity contribution in [1.29, 1.82) is 0 Å². The van der Waals surface area contributed by atoms with Gasteiger partial charge in [0.05, 0.1) is 15.7 Å². The maximum absolute atomic E-state index is 12.1. The number of halogens is 2. The number of anilines is 1. The van der Waals surface area contributed by atoms with Gasteiger partial charge >= 0.3 is 0 Å². The van der Waals surface area contributed by atoms with Crippen molar-refractivity contribution in [2.24, 2.45) is 0 Å². The first-order valence-corrected chi connectivity index (χ1v) is 7.21. The zero-order chi connectivity index (χ0) is 15.4.